The highest BCUT2D eigenvalue weighted by molar-refractivity contribution is 7.86. The molecule has 0 aliphatic heterocycles. The van der Waals surface area contributed by atoms with E-state index in [-0.39, 0.29) is 44.0 Å². The van der Waals surface area contributed by atoms with Crippen molar-refractivity contribution in [2.75, 3.05) is 21.3 Å². The minimum absolute atomic E-state index is 0.159. The minimum atomic E-state index is -4.67. The number of aromatic hydroxyl groups is 2. The van der Waals surface area contributed by atoms with Crippen molar-refractivity contribution in [3.05, 3.63) is 120 Å². The summed E-state index contributed by atoms with van der Waals surface area (Å²) < 4.78 is 66.4. The van der Waals surface area contributed by atoms with Crippen LogP contribution in [-0.2, 0) is 20.2 Å². The Kier molecular flexibility index (Phi) is 9.26. The first-order chi connectivity index (χ1) is 24.6. The second-order valence-electron chi connectivity index (χ2n) is 11.2. The molecular weight excluding hydrogens is 717 g/mol. The van der Waals surface area contributed by atoms with Crippen molar-refractivity contribution in [1.29, 1.82) is 0 Å². The molecule has 0 atom stereocenters. The van der Waals surface area contributed by atoms with Gasteiger partial charge in [0.15, 0.2) is 0 Å². The monoisotopic (exact) mass is 742 g/mol. The highest BCUT2D eigenvalue weighted by atomic mass is 32.2. The summed E-state index contributed by atoms with van der Waals surface area (Å²) in [4.78, 5) is 37.6. The Hall–Kier alpha value is -6.53. The maximum absolute atomic E-state index is 13.0. The molecule has 0 aliphatic carbocycles. The number of fused-ring (bicyclic) bond motifs is 2. The van der Waals surface area contributed by atoms with Gasteiger partial charge >= 0.3 is 6.03 Å². The van der Waals surface area contributed by atoms with Gasteiger partial charge in [-0.3, -0.25) is 18.7 Å². The fourth-order valence-electron chi connectivity index (χ4n) is 5.45. The zero-order chi connectivity index (χ0) is 37.4. The molecule has 0 unspecified atom stereocenters. The number of rotatable bonds is 8. The van der Waals surface area contributed by atoms with Crippen LogP contribution in [-0.4, -0.2) is 54.0 Å². The first-order valence-electron chi connectivity index (χ1n) is 15.0. The Labute approximate surface area is 295 Å². The third kappa shape index (κ3) is 7.32. The van der Waals surface area contributed by atoms with Gasteiger partial charge in [-0.05, 0) is 84.9 Å². The number of urea groups is 1. The fourth-order valence-corrected chi connectivity index (χ4v) is 6.90. The number of amides is 4. The Bertz CT molecular complexity index is 2460. The summed E-state index contributed by atoms with van der Waals surface area (Å²) in [5, 5.41) is 31.1. The number of hydrogen-bond acceptors (Lipinski definition) is 9. The van der Waals surface area contributed by atoms with Crippen LogP contribution >= 0.6 is 0 Å². The minimum Gasteiger partial charge on any atom is -0.507 e. The van der Waals surface area contributed by atoms with Crippen molar-refractivity contribution in [2.45, 2.75) is 9.79 Å². The molecule has 0 spiro atoms. The van der Waals surface area contributed by atoms with Crippen molar-refractivity contribution in [2.24, 2.45) is 0 Å². The lowest BCUT2D eigenvalue weighted by molar-refractivity contribution is 0.101. The Balaban J connectivity index is 1.08. The molecule has 6 aromatic carbocycles. The number of carbonyl (C=O) groups is 3. The first-order valence-corrected chi connectivity index (χ1v) is 17.8. The van der Waals surface area contributed by atoms with Gasteiger partial charge in [-0.25, -0.2) is 4.79 Å². The van der Waals surface area contributed by atoms with E-state index in [9.17, 15) is 50.5 Å². The summed E-state index contributed by atoms with van der Waals surface area (Å²) >= 11 is 0. The van der Waals surface area contributed by atoms with Crippen LogP contribution in [0.1, 0.15) is 20.7 Å². The van der Waals surface area contributed by atoms with E-state index >= 15 is 0 Å². The molecule has 0 radical (unpaired) electrons. The van der Waals surface area contributed by atoms with Crippen LogP contribution in [0.4, 0.5) is 27.5 Å². The summed E-state index contributed by atoms with van der Waals surface area (Å²) in [5.41, 5.74) is 1.39. The summed E-state index contributed by atoms with van der Waals surface area (Å²) in [6.07, 6.45) is 0. The van der Waals surface area contributed by atoms with Gasteiger partial charge in [0.05, 0.1) is 0 Å². The predicted octanol–water partition coefficient (Wildman–Crippen LogP) is 6.05. The maximum Gasteiger partial charge on any atom is 0.323 e. The van der Waals surface area contributed by atoms with Gasteiger partial charge in [0, 0.05) is 55.4 Å². The summed E-state index contributed by atoms with van der Waals surface area (Å²) in [6.45, 7) is 0. The first kappa shape index (κ1) is 35.3. The van der Waals surface area contributed by atoms with E-state index in [1.807, 2.05) is 0 Å². The largest absolute Gasteiger partial charge is 0.507 e. The van der Waals surface area contributed by atoms with E-state index in [1.54, 1.807) is 0 Å². The van der Waals surface area contributed by atoms with Gasteiger partial charge in [-0.1, -0.05) is 24.3 Å². The molecule has 0 aliphatic rings. The van der Waals surface area contributed by atoms with Gasteiger partial charge in [-0.2, -0.15) is 16.8 Å². The van der Waals surface area contributed by atoms with Crippen LogP contribution in [0.25, 0.3) is 21.5 Å². The average Bonchev–Trinajstić information content (AvgIpc) is 3.10. The lowest BCUT2D eigenvalue weighted by Gasteiger charge is -2.13. The van der Waals surface area contributed by atoms with Crippen molar-refractivity contribution in [3.63, 3.8) is 0 Å². The molecule has 4 amide bonds. The molecule has 0 heterocycles. The third-order valence-electron chi connectivity index (χ3n) is 7.82. The van der Waals surface area contributed by atoms with Gasteiger partial charge in [0.25, 0.3) is 32.1 Å². The predicted molar refractivity (Wildman–Crippen MR) is 192 cm³/mol. The number of hydrogen-bond donors (Lipinski definition) is 8. The molecule has 6 aromatic rings. The van der Waals surface area contributed by atoms with Crippen LogP contribution in [0.5, 0.6) is 11.5 Å². The zero-order valence-electron chi connectivity index (χ0n) is 26.4. The molecule has 264 valence electrons. The highest BCUT2D eigenvalue weighted by Crippen LogP contribution is 2.37. The van der Waals surface area contributed by atoms with Crippen LogP contribution in [0.15, 0.2) is 119 Å². The molecule has 0 bridgehead atoms. The second kappa shape index (κ2) is 13.6. The zero-order valence-corrected chi connectivity index (χ0v) is 28.0. The standard InChI is InChI=1S/C35H26N4O11S2/c40-27-17-15-25(23-3-1-5-29(31(23)27)51(45,46)47)38-33(42)19-7-11-21(12-8-19)36-35(44)37-22-13-9-20(10-14-22)34(43)39-26-16-18-28(41)32-24(26)4-2-6-30(32)52(48,49)50/h1-18,40-41H,(H,38,42)(H,39,43)(H2,36,37,44)(H,45,46,47)(H,48,49,50). The molecule has 0 fully saturated rings. The van der Waals surface area contributed by atoms with E-state index in [2.05, 4.69) is 21.3 Å². The topological polar surface area (TPSA) is 249 Å². The molecule has 52 heavy (non-hydrogen) atoms. The molecule has 15 nitrogen and oxygen atoms in total. The number of phenolic OH excluding ortho intramolecular Hbond substituents is 2. The maximum atomic E-state index is 13.0. The smallest absolute Gasteiger partial charge is 0.323 e. The van der Waals surface area contributed by atoms with Gasteiger partial charge < -0.3 is 31.5 Å². The van der Waals surface area contributed by atoms with Gasteiger partial charge in [0.1, 0.15) is 21.3 Å². The Morgan fingerprint density at radius 1 is 0.462 bits per heavy atom. The molecular formula is C35H26N4O11S2. The van der Waals surface area contributed by atoms with Crippen LogP contribution in [0.2, 0.25) is 0 Å². The lowest BCUT2D eigenvalue weighted by Crippen LogP contribution is -2.20. The molecule has 0 saturated carbocycles. The van der Waals surface area contributed by atoms with E-state index < -0.39 is 59.4 Å². The van der Waals surface area contributed by atoms with Crippen LogP contribution in [0, 0.1) is 0 Å². The summed E-state index contributed by atoms with van der Waals surface area (Å²) in [7, 11) is -9.34. The molecule has 0 saturated heterocycles. The second-order valence-corrected chi connectivity index (χ2v) is 14.0. The molecule has 6 rings (SSSR count). The van der Waals surface area contributed by atoms with Crippen molar-refractivity contribution in [3.8, 4) is 11.5 Å². The van der Waals surface area contributed by atoms with E-state index in [4.69, 9.17) is 0 Å². The normalized spacial score (nSPS) is 11.6. The average molecular weight is 743 g/mol. The molecule has 0 aromatic heterocycles. The van der Waals surface area contributed by atoms with E-state index in [0.29, 0.717) is 11.4 Å². The van der Waals surface area contributed by atoms with Crippen molar-refractivity contribution >= 4 is 82.4 Å². The number of carbonyl (C=O) groups excluding carboxylic acids is 3. The summed E-state index contributed by atoms with van der Waals surface area (Å²) in [6, 6.07) is 24.0. The Morgan fingerprint density at radius 3 is 1.17 bits per heavy atom. The summed E-state index contributed by atoms with van der Waals surface area (Å²) in [5.74, 6) is -1.97. The van der Waals surface area contributed by atoms with Gasteiger partial charge in [-0.15, -0.1) is 0 Å². The van der Waals surface area contributed by atoms with Crippen molar-refractivity contribution < 1.29 is 50.5 Å². The van der Waals surface area contributed by atoms with Crippen molar-refractivity contribution in [1.82, 2.24) is 0 Å². The number of nitrogens with one attached hydrogen (secondary N) is 4. The molecule has 17 heteroatoms. The quantitative estimate of drug-likeness (QED) is 0.0659. The lowest BCUT2D eigenvalue weighted by atomic mass is 10.1. The van der Waals surface area contributed by atoms with Crippen LogP contribution in [0.3, 0.4) is 0 Å². The number of benzene rings is 6. The van der Waals surface area contributed by atoms with Crippen LogP contribution < -0.4 is 21.3 Å². The number of phenols is 2. The SMILES string of the molecule is O=C(Nc1ccc(C(=O)Nc2ccc(O)c3c(S(=O)(=O)O)cccc23)cc1)Nc1ccc(C(=O)Nc2ccc(O)c3c(S(=O)(=O)O)cccc23)cc1. The van der Waals surface area contributed by atoms with Gasteiger partial charge in [0.2, 0.25) is 0 Å². The van der Waals surface area contributed by atoms with E-state index in [0.717, 1.165) is 12.1 Å². The number of anilines is 4. The van der Waals surface area contributed by atoms with E-state index in [1.165, 1.54) is 97.1 Å². The highest BCUT2D eigenvalue weighted by Gasteiger charge is 2.21. The Morgan fingerprint density at radius 2 is 0.827 bits per heavy atom. The molecule has 8 N–H and O–H groups in total. The third-order valence-corrected chi connectivity index (χ3v) is 9.61. The fraction of sp³-hybridized carbons (Fsp3) is 0.